The van der Waals surface area contributed by atoms with Crippen molar-refractivity contribution in [1.29, 1.82) is 0 Å². The van der Waals surface area contributed by atoms with E-state index in [9.17, 15) is 0 Å². The fraction of sp³-hybridized carbons (Fsp3) is 0.455. The summed E-state index contributed by atoms with van der Waals surface area (Å²) < 4.78 is 5.58. The van der Waals surface area contributed by atoms with Gasteiger partial charge in [0.1, 0.15) is 5.75 Å². The lowest BCUT2D eigenvalue weighted by molar-refractivity contribution is 0.310. The molecule has 1 nitrogen and oxygen atoms in total. The zero-order valence-corrected chi connectivity index (χ0v) is 10.7. The summed E-state index contributed by atoms with van der Waals surface area (Å²) in [7, 11) is 0. The first kappa shape index (κ1) is 11.9. The molecule has 0 bridgehead atoms. The lowest BCUT2D eigenvalue weighted by Gasteiger charge is -2.05. The molecular formula is C11H15BrOS. The maximum absolute atomic E-state index is 5.58. The van der Waals surface area contributed by atoms with E-state index >= 15 is 0 Å². The van der Waals surface area contributed by atoms with E-state index in [4.69, 9.17) is 4.74 Å². The molecule has 14 heavy (non-hydrogen) atoms. The number of rotatable bonds is 6. The molecule has 0 radical (unpaired) electrons. The third-order valence-electron chi connectivity index (χ3n) is 1.86. The van der Waals surface area contributed by atoms with Gasteiger partial charge < -0.3 is 4.74 Å². The van der Waals surface area contributed by atoms with Gasteiger partial charge in [-0.2, -0.15) is 0 Å². The molecule has 1 rings (SSSR count). The van der Waals surface area contributed by atoms with E-state index in [0.29, 0.717) is 0 Å². The third-order valence-corrected chi connectivity index (χ3v) is 3.16. The molecule has 0 N–H and O–H groups in total. The molecule has 0 saturated heterocycles. The van der Waals surface area contributed by atoms with Crippen molar-refractivity contribution in [2.75, 3.05) is 18.2 Å². The molecule has 0 unspecified atom stereocenters. The predicted molar refractivity (Wildman–Crippen MR) is 66.7 cm³/mol. The fourth-order valence-corrected chi connectivity index (χ4v) is 1.86. The minimum absolute atomic E-state index is 0.810. The van der Waals surface area contributed by atoms with Crippen LogP contribution in [0.5, 0.6) is 5.75 Å². The number of hydrogen-bond donors (Lipinski definition) is 0. The van der Waals surface area contributed by atoms with Crippen LogP contribution in [-0.2, 0) is 0 Å². The summed E-state index contributed by atoms with van der Waals surface area (Å²) >= 11 is 5.14. The molecule has 1 aromatic rings. The molecule has 0 aliphatic heterocycles. The number of ether oxygens (including phenoxy) is 1. The number of thioether (sulfide) groups is 1. The molecule has 78 valence electrons. The van der Waals surface area contributed by atoms with E-state index in [2.05, 4.69) is 34.3 Å². The van der Waals surface area contributed by atoms with E-state index < -0.39 is 0 Å². The second-order valence-electron chi connectivity index (χ2n) is 2.92. The number of unbranched alkanes of at least 4 members (excludes halogenated alkanes) is 1. The van der Waals surface area contributed by atoms with E-state index in [1.165, 1.54) is 11.3 Å². The van der Waals surface area contributed by atoms with Gasteiger partial charge in [-0.05, 0) is 43.4 Å². The van der Waals surface area contributed by atoms with Gasteiger partial charge in [-0.25, -0.2) is 0 Å². The highest BCUT2D eigenvalue weighted by Gasteiger charge is 1.94. The highest BCUT2D eigenvalue weighted by molar-refractivity contribution is 9.09. The van der Waals surface area contributed by atoms with Gasteiger partial charge in [0.25, 0.3) is 0 Å². The Bertz CT molecular complexity index is 248. The van der Waals surface area contributed by atoms with Crippen molar-refractivity contribution in [3.05, 3.63) is 24.3 Å². The van der Waals surface area contributed by atoms with Crippen LogP contribution in [0.15, 0.2) is 29.2 Å². The Morgan fingerprint density at radius 1 is 1.21 bits per heavy atom. The smallest absolute Gasteiger partial charge is 0.119 e. The molecule has 0 atom stereocenters. The number of hydrogen-bond acceptors (Lipinski definition) is 2. The van der Waals surface area contributed by atoms with Gasteiger partial charge in [-0.15, -0.1) is 11.8 Å². The van der Waals surface area contributed by atoms with E-state index in [1.54, 1.807) is 11.8 Å². The molecule has 1 aromatic carbocycles. The Morgan fingerprint density at radius 2 is 1.93 bits per heavy atom. The Labute approximate surface area is 98.4 Å². The van der Waals surface area contributed by atoms with E-state index in [1.807, 2.05) is 12.1 Å². The zero-order chi connectivity index (χ0) is 10.2. The van der Waals surface area contributed by atoms with Crippen molar-refractivity contribution in [3.63, 3.8) is 0 Å². The molecular weight excluding hydrogens is 260 g/mol. The molecule has 0 spiro atoms. The standard InChI is InChI=1S/C11H15BrOS/c1-14-11-6-4-10(5-7-11)13-9-3-2-8-12/h4-7H,2-3,8-9H2,1H3. The van der Waals surface area contributed by atoms with Crippen LogP contribution in [0, 0.1) is 0 Å². The first-order valence-corrected chi connectivity index (χ1v) is 7.04. The van der Waals surface area contributed by atoms with Crippen LogP contribution < -0.4 is 4.74 Å². The van der Waals surface area contributed by atoms with Crippen LogP contribution in [0.4, 0.5) is 0 Å². The van der Waals surface area contributed by atoms with E-state index in [0.717, 1.165) is 24.1 Å². The number of benzene rings is 1. The van der Waals surface area contributed by atoms with Crippen molar-refractivity contribution in [2.45, 2.75) is 17.7 Å². The third kappa shape index (κ3) is 4.38. The summed E-state index contributed by atoms with van der Waals surface area (Å²) in [5.41, 5.74) is 0. The summed E-state index contributed by atoms with van der Waals surface area (Å²) in [4.78, 5) is 1.28. The van der Waals surface area contributed by atoms with Gasteiger partial charge >= 0.3 is 0 Å². The summed E-state index contributed by atoms with van der Waals surface area (Å²) in [6.45, 7) is 0.810. The van der Waals surface area contributed by atoms with Gasteiger partial charge in [0.05, 0.1) is 6.61 Å². The average Bonchev–Trinajstić information content (AvgIpc) is 2.25. The predicted octanol–water partition coefficient (Wildman–Crippen LogP) is 3.96. The quantitative estimate of drug-likeness (QED) is 0.441. The average molecular weight is 275 g/mol. The minimum Gasteiger partial charge on any atom is -0.494 e. The monoisotopic (exact) mass is 274 g/mol. The summed E-state index contributed by atoms with van der Waals surface area (Å²) in [6, 6.07) is 8.23. The number of alkyl halides is 1. The molecule has 0 fully saturated rings. The molecule has 0 saturated carbocycles. The Morgan fingerprint density at radius 3 is 2.50 bits per heavy atom. The Kier molecular flexibility index (Phi) is 6.12. The van der Waals surface area contributed by atoms with Crippen LogP contribution in [0.3, 0.4) is 0 Å². The van der Waals surface area contributed by atoms with Crippen LogP contribution >= 0.6 is 27.7 Å². The van der Waals surface area contributed by atoms with Crippen LogP contribution in [-0.4, -0.2) is 18.2 Å². The van der Waals surface area contributed by atoms with Crippen molar-refractivity contribution >= 4 is 27.7 Å². The minimum atomic E-state index is 0.810. The fourth-order valence-electron chi connectivity index (χ4n) is 1.06. The SMILES string of the molecule is CSc1ccc(OCCCCBr)cc1. The Balaban J connectivity index is 2.29. The molecule has 0 aliphatic rings. The molecule has 0 amide bonds. The van der Waals surface area contributed by atoms with Crippen molar-refractivity contribution < 1.29 is 4.74 Å². The van der Waals surface area contributed by atoms with Crippen LogP contribution in [0.25, 0.3) is 0 Å². The maximum atomic E-state index is 5.58. The molecule has 0 aromatic heterocycles. The topological polar surface area (TPSA) is 9.23 Å². The van der Waals surface area contributed by atoms with Crippen molar-refractivity contribution in [3.8, 4) is 5.75 Å². The summed E-state index contributed by atoms with van der Waals surface area (Å²) in [5.74, 6) is 0.970. The van der Waals surface area contributed by atoms with Gasteiger partial charge in [0, 0.05) is 10.2 Å². The second kappa shape index (κ2) is 7.18. The Hall–Kier alpha value is -0.150. The maximum Gasteiger partial charge on any atom is 0.119 e. The summed E-state index contributed by atoms with van der Waals surface area (Å²) in [6.07, 6.45) is 4.35. The second-order valence-corrected chi connectivity index (χ2v) is 4.59. The van der Waals surface area contributed by atoms with Gasteiger partial charge in [0.2, 0.25) is 0 Å². The lowest BCUT2D eigenvalue weighted by atomic mass is 10.3. The normalized spacial score (nSPS) is 10.1. The van der Waals surface area contributed by atoms with E-state index in [-0.39, 0.29) is 0 Å². The molecule has 0 heterocycles. The molecule has 0 aliphatic carbocycles. The van der Waals surface area contributed by atoms with Crippen LogP contribution in [0.2, 0.25) is 0 Å². The van der Waals surface area contributed by atoms with Crippen LogP contribution in [0.1, 0.15) is 12.8 Å². The van der Waals surface area contributed by atoms with Crippen molar-refractivity contribution in [1.82, 2.24) is 0 Å². The first-order valence-electron chi connectivity index (χ1n) is 4.69. The molecule has 3 heteroatoms. The largest absolute Gasteiger partial charge is 0.494 e. The van der Waals surface area contributed by atoms with Crippen molar-refractivity contribution in [2.24, 2.45) is 0 Å². The first-order chi connectivity index (χ1) is 6.86. The van der Waals surface area contributed by atoms with Gasteiger partial charge in [0.15, 0.2) is 0 Å². The number of halogens is 1. The zero-order valence-electron chi connectivity index (χ0n) is 8.33. The highest BCUT2D eigenvalue weighted by Crippen LogP contribution is 2.19. The van der Waals surface area contributed by atoms with Gasteiger partial charge in [-0.1, -0.05) is 15.9 Å². The highest BCUT2D eigenvalue weighted by atomic mass is 79.9. The lowest BCUT2D eigenvalue weighted by Crippen LogP contribution is -1.97. The van der Waals surface area contributed by atoms with Gasteiger partial charge in [-0.3, -0.25) is 0 Å². The summed E-state index contributed by atoms with van der Waals surface area (Å²) in [5, 5.41) is 1.06.